The molecule has 118 valence electrons. The van der Waals surface area contributed by atoms with Gasteiger partial charge in [0.2, 0.25) is 0 Å². The summed E-state index contributed by atoms with van der Waals surface area (Å²) in [6, 6.07) is 8.04. The third kappa shape index (κ3) is 3.21. The predicted octanol–water partition coefficient (Wildman–Crippen LogP) is 2.38. The molecule has 0 fully saturated rings. The van der Waals surface area contributed by atoms with Gasteiger partial charge in [0, 0.05) is 36.8 Å². The van der Waals surface area contributed by atoms with Crippen molar-refractivity contribution in [2.45, 2.75) is 26.3 Å². The number of rotatable bonds is 5. The number of benzene rings is 1. The van der Waals surface area contributed by atoms with Crippen LogP contribution in [0.5, 0.6) is 0 Å². The lowest BCUT2D eigenvalue weighted by Gasteiger charge is -2.11. The zero-order chi connectivity index (χ0) is 16.2. The molecule has 0 spiro atoms. The fraction of sp³-hybridized carbons (Fsp3) is 0.294. The van der Waals surface area contributed by atoms with Crippen LogP contribution in [0, 0.1) is 0 Å². The number of fused-ring (bicyclic) bond motifs is 1. The molecule has 2 heterocycles. The molecule has 0 atom stereocenters. The lowest BCUT2D eigenvalue weighted by atomic mass is 10.1. The molecule has 0 aliphatic heterocycles. The maximum absolute atomic E-state index is 12.4. The van der Waals surface area contributed by atoms with E-state index in [4.69, 9.17) is 0 Å². The standard InChI is InChI=1S/C17H19N5O/c1-12(2)22-11-20-21-16(22)7-8-19-17(23)15-10-18-9-13-5-3-4-6-14(13)15/h3-6,9-12H,7-8H2,1-2H3,(H,19,23). The summed E-state index contributed by atoms with van der Waals surface area (Å²) >= 11 is 0. The van der Waals surface area contributed by atoms with Gasteiger partial charge in [0.1, 0.15) is 12.2 Å². The van der Waals surface area contributed by atoms with Gasteiger partial charge in [0.05, 0.1) is 5.56 Å². The van der Waals surface area contributed by atoms with Crippen LogP contribution in [-0.4, -0.2) is 32.2 Å². The van der Waals surface area contributed by atoms with E-state index in [1.807, 2.05) is 28.8 Å². The summed E-state index contributed by atoms with van der Waals surface area (Å²) in [4.78, 5) is 16.6. The number of carbonyl (C=O) groups is 1. The molecule has 0 unspecified atom stereocenters. The van der Waals surface area contributed by atoms with E-state index in [1.165, 1.54) is 0 Å². The van der Waals surface area contributed by atoms with Crippen LogP contribution in [0.15, 0.2) is 43.0 Å². The highest BCUT2D eigenvalue weighted by Gasteiger charge is 2.11. The van der Waals surface area contributed by atoms with E-state index < -0.39 is 0 Å². The Bertz CT molecular complexity index is 819. The Morgan fingerprint density at radius 2 is 2.09 bits per heavy atom. The molecule has 1 amide bonds. The molecule has 0 aliphatic rings. The van der Waals surface area contributed by atoms with Crippen molar-refractivity contribution >= 4 is 16.7 Å². The van der Waals surface area contributed by atoms with Crippen molar-refractivity contribution < 1.29 is 4.79 Å². The first-order chi connectivity index (χ1) is 11.2. The predicted molar refractivity (Wildman–Crippen MR) is 88.2 cm³/mol. The van der Waals surface area contributed by atoms with E-state index in [9.17, 15) is 4.79 Å². The number of aromatic nitrogens is 4. The fourth-order valence-electron chi connectivity index (χ4n) is 2.56. The molecule has 0 aliphatic carbocycles. The molecule has 3 rings (SSSR count). The number of pyridine rings is 1. The molecule has 3 aromatic rings. The Labute approximate surface area is 134 Å². The van der Waals surface area contributed by atoms with Gasteiger partial charge in [-0.05, 0) is 19.2 Å². The Morgan fingerprint density at radius 1 is 1.26 bits per heavy atom. The zero-order valence-electron chi connectivity index (χ0n) is 13.2. The van der Waals surface area contributed by atoms with Gasteiger partial charge in [0.25, 0.3) is 5.91 Å². The summed E-state index contributed by atoms with van der Waals surface area (Å²) in [5, 5.41) is 12.8. The maximum atomic E-state index is 12.4. The first-order valence-electron chi connectivity index (χ1n) is 7.66. The Hall–Kier alpha value is -2.76. The summed E-state index contributed by atoms with van der Waals surface area (Å²) in [7, 11) is 0. The van der Waals surface area contributed by atoms with Gasteiger partial charge in [-0.25, -0.2) is 0 Å². The first kappa shape index (κ1) is 15.1. The smallest absolute Gasteiger partial charge is 0.253 e. The lowest BCUT2D eigenvalue weighted by molar-refractivity contribution is 0.0955. The van der Waals surface area contributed by atoms with Gasteiger partial charge in [-0.15, -0.1) is 10.2 Å². The molecule has 0 saturated carbocycles. The molecule has 23 heavy (non-hydrogen) atoms. The molecule has 6 nitrogen and oxygen atoms in total. The second kappa shape index (κ2) is 6.56. The number of hydrogen-bond acceptors (Lipinski definition) is 4. The van der Waals surface area contributed by atoms with Crippen LogP contribution in [-0.2, 0) is 6.42 Å². The number of hydrogen-bond donors (Lipinski definition) is 1. The van der Waals surface area contributed by atoms with Gasteiger partial charge in [-0.3, -0.25) is 9.78 Å². The van der Waals surface area contributed by atoms with Crippen molar-refractivity contribution in [3.63, 3.8) is 0 Å². The quantitative estimate of drug-likeness (QED) is 0.785. The Kier molecular flexibility index (Phi) is 4.32. The van der Waals surface area contributed by atoms with Gasteiger partial charge in [0.15, 0.2) is 0 Å². The molecular weight excluding hydrogens is 290 g/mol. The molecule has 0 saturated heterocycles. The minimum atomic E-state index is -0.120. The van der Waals surface area contributed by atoms with Gasteiger partial charge in [-0.1, -0.05) is 24.3 Å². The Morgan fingerprint density at radius 3 is 2.91 bits per heavy atom. The molecule has 0 bridgehead atoms. The van der Waals surface area contributed by atoms with Crippen LogP contribution in [0.2, 0.25) is 0 Å². The van der Waals surface area contributed by atoms with Crippen LogP contribution in [0.4, 0.5) is 0 Å². The van der Waals surface area contributed by atoms with E-state index in [0.717, 1.165) is 16.6 Å². The van der Waals surface area contributed by atoms with Crippen molar-refractivity contribution in [2.24, 2.45) is 0 Å². The van der Waals surface area contributed by atoms with Crippen LogP contribution in [0.3, 0.4) is 0 Å². The number of nitrogens with one attached hydrogen (secondary N) is 1. The highest BCUT2D eigenvalue weighted by molar-refractivity contribution is 6.06. The molecule has 0 radical (unpaired) electrons. The van der Waals surface area contributed by atoms with Gasteiger partial charge < -0.3 is 9.88 Å². The minimum absolute atomic E-state index is 0.120. The number of amides is 1. The topological polar surface area (TPSA) is 72.7 Å². The van der Waals surface area contributed by atoms with E-state index >= 15 is 0 Å². The largest absolute Gasteiger partial charge is 0.352 e. The second-order valence-corrected chi connectivity index (χ2v) is 5.66. The van der Waals surface area contributed by atoms with E-state index in [0.29, 0.717) is 24.6 Å². The van der Waals surface area contributed by atoms with Crippen LogP contribution >= 0.6 is 0 Å². The van der Waals surface area contributed by atoms with Crippen molar-refractivity contribution in [3.8, 4) is 0 Å². The van der Waals surface area contributed by atoms with Crippen molar-refractivity contribution in [1.29, 1.82) is 0 Å². The lowest BCUT2D eigenvalue weighted by Crippen LogP contribution is -2.27. The van der Waals surface area contributed by atoms with E-state index in [2.05, 4.69) is 34.3 Å². The highest BCUT2D eigenvalue weighted by Crippen LogP contribution is 2.16. The number of carbonyl (C=O) groups excluding carboxylic acids is 1. The van der Waals surface area contributed by atoms with Crippen molar-refractivity contribution in [2.75, 3.05) is 6.54 Å². The van der Waals surface area contributed by atoms with Gasteiger partial charge in [-0.2, -0.15) is 0 Å². The van der Waals surface area contributed by atoms with Crippen LogP contribution in [0.1, 0.15) is 36.1 Å². The van der Waals surface area contributed by atoms with Crippen molar-refractivity contribution in [1.82, 2.24) is 25.1 Å². The zero-order valence-corrected chi connectivity index (χ0v) is 13.2. The number of nitrogens with zero attached hydrogens (tertiary/aromatic N) is 4. The van der Waals surface area contributed by atoms with Crippen molar-refractivity contribution in [3.05, 3.63) is 54.4 Å². The molecule has 6 heteroatoms. The third-order valence-corrected chi connectivity index (χ3v) is 3.75. The molecule has 1 N–H and O–H groups in total. The highest BCUT2D eigenvalue weighted by atomic mass is 16.1. The monoisotopic (exact) mass is 309 g/mol. The summed E-state index contributed by atoms with van der Waals surface area (Å²) in [5.74, 6) is 0.751. The summed E-state index contributed by atoms with van der Waals surface area (Å²) in [5.41, 5.74) is 0.591. The average molecular weight is 309 g/mol. The maximum Gasteiger partial charge on any atom is 0.253 e. The first-order valence-corrected chi connectivity index (χ1v) is 7.66. The van der Waals surface area contributed by atoms with E-state index in [-0.39, 0.29) is 5.91 Å². The molecule has 1 aromatic carbocycles. The van der Waals surface area contributed by atoms with E-state index in [1.54, 1.807) is 18.7 Å². The summed E-state index contributed by atoms with van der Waals surface area (Å²) in [6.07, 6.45) is 5.73. The van der Waals surface area contributed by atoms with Crippen LogP contribution in [0.25, 0.3) is 10.8 Å². The fourth-order valence-corrected chi connectivity index (χ4v) is 2.56. The molecular formula is C17H19N5O. The Balaban J connectivity index is 1.68. The second-order valence-electron chi connectivity index (χ2n) is 5.66. The minimum Gasteiger partial charge on any atom is -0.352 e. The summed E-state index contributed by atoms with van der Waals surface area (Å²) < 4.78 is 2.01. The molecule has 2 aromatic heterocycles. The summed E-state index contributed by atoms with van der Waals surface area (Å²) in [6.45, 7) is 4.66. The van der Waals surface area contributed by atoms with Gasteiger partial charge >= 0.3 is 0 Å². The van der Waals surface area contributed by atoms with Crippen LogP contribution < -0.4 is 5.32 Å². The third-order valence-electron chi connectivity index (χ3n) is 3.75. The normalized spacial score (nSPS) is 11.1. The average Bonchev–Trinajstić information content (AvgIpc) is 3.03. The SMILES string of the molecule is CC(C)n1cnnc1CCNC(=O)c1cncc2ccccc12.